The van der Waals surface area contributed by atoms with Crippen molar-refractivity contribution in [3.63, 3.8) is 0 Å². The summed E-state index contributed by atoms with van der Waals surface area (Å²) in [6, 6.07) is 10.4. The number of aromatic nitrogens is 1. The predicted molar refractivity (Wildman–Crippen MR) is 82.3 cm³/mol. The van der Waals surface area contributed by atoms with Gasteiger partial charge in [0.15, 0.2) is 0 Å². The van der Waals surface area contributed by atoms with Gasteiger partial charge in [-0.05, 0) is 18.2 Å². The van der Waals surface area contributed by atoms with Gasteiger partial charge in [-0.25, -0.2) is 4.79 Å². The molecule has 1 N–H and O–H groups in total. The van der Waals surface area contributed by atoms with Gasteiger partial charge < -0.3 is 19.5 Å². The lowest BCUT2D eigenvalue weighted by Gasteiger charge is -2.20. The Bertz CT molecular complexity index is 673. The number of pyridine rings is 1. The van der Waals surface area contributed by atoms with E-state index in [0.29, 0.717) is 12.4 Å². The van der Waals surface area contributed by atoms with Gasteiger partial charge in [0.1, 0.15) is 17.1 Å². The van der Waals surface area contributed by atoms with Crippen molar-refractivity contribution >= 4 is 11.8 Å². The zero-order valence-electron chi connectivity index (χ0n) is 12.7. The van der Waals surface area contributed by atoms with Crippen molar-refractivity contribution in [1.29, 1.82) is 0 Å². The van der Waals surface area contributed by atoms with Crippen molar-refractivity contribution in [2.24, 2.45) is 0 Å². The Morgan fingerprint density at radius 3 is 2.59 bits per heavy atom. The zero-order valence-corrected chi connectivity index (χ0v) is 12.7. The number of rotatable bonds is 5. The third-order valence-electron chi connectivity index (χ3n) is 3.23. The molecule has 0 atom stereocenters. The number of phenolic OH excluding ortho intramolecular Hbond substituents is 1. The quantitative estimate of drug-likeness (QED) is 0.854. The number of esters is 1. The zero-order chi connectivity index (χ0) is 16.1. The predicted octanol–water partition coefficient (Wildman–Crippen LogP) is 2.22. The number of hydrogen-bond acceptors (Lipinski definition) is 6. The third-order valence-corrected chi connectivity index (χ3v) is 3.23. The molecule has 0 aliphatic heterocycles. The first-order valence-electron chi connectivity index (χ1n) is 6.68. The fraction of sp³-hybridized carbons (Fsp3) is 0.250. The molecule has 6 nitrogen and oxygen atoms in total. The van der Waals surface area contributed by atoms with E-state index in [-0.39, 0.29) is 17.2 Å². The Morgan fingerprint density at radius 2 is 1.95 bits per heavy atom. The molecule has 0 saturated heterocycles. The Labute approximate surface area is 128 Å². The van der Waals surface area contributed by atoms with E-state index in [1.165, 1.54) is 14.2 Å². The Balaban J connectivity index is 2.25. The van der Waals surface area contributed by atoms with Crippen LogP contribution >= 0.6 is 0 Å². The van der Waals surface area contributed by atoms with E-state index in [1.54, 1.807) is 24.3 Å². The molecule has 116 valence electrons. The fourth-order valence-corrected chi connectivity index (χ4v) is 2.05. The molecule has 6 heteroatoms. The molecule has 0 amide bonds. The van der Waals surface area contributed by atoms with Crippen molar-refractivity contribution in [3.05, 3.63) is 47.5 Å². The highest BCUT2D eigenvalue weighted by atomic mass is 16.5. The van der Waals surface area contributed by atoms with E-state index < -0.39 is 5.97 Å². The molecule has 1 aromatic carbocycles. The second-order valence-corrected chi connectivity index (χ2v) is 4.70. The van der Waals surface area contributed by atoms with Gasteiger partial charge in [0, 0.05) is 19.2 Å². The highest BCUT2D eigenvalue weighted by Crippen LogP contribution is 2.24. The summed E-state index contributed by atoms with van der Waals surface area (Å²) in [5, 5.41) is 9.82. The molecular weight excluding hydrogens is 284 g/mol. The average Bonchev–Trinajstić information content (AvgIpc) is 2.55. The van der Waals surface area contributed by atoms with Crippen molar-refractivity contribution in [2.75, 3.05) is 26.2 Å². The smallest absolute Gasteiger partial charge is 0.343 e. The largest absolute Gasteiger partial charge is 0.508 e. The number of methoxy groups -OCH3 is 2. The molecule has 0 aliphatic rings. The Hall–Kier alpha value is -2.76. The summed E-state index contributed by atoms with van der Waals surface area (Å²) in [5.41, 5.74) is 1.05. The average molecular weight is 302 g/mol. The summed E-state index contributed by atoms with van der Waals surface area (Å²) in [5.74, 6) is 0.549. The van der Waals surface area contributed by atoms with Crippen LogP contribution in [0.2, 0.25) is 0 Å². The summed E-state index contributed by atoms with van der Waals surface area (Å²) in [6.45, 7) is 0.473. The first-order chi connectivity index (χ1) is 10.6. The van der Waals surface area contributed by atoms with Crippen LogP contribution in [0.1, 0.15) is 15.9 Å². The minimum atomic E-state index is -0.501. The highest BCUT2D eigenvalue weighted by Gasteiger charge is 2.16. The van der Waals surface area contributed by atoms with Gasteiger partial charge >= 0.3 is 5.97 Å². The van der Waals surface area contributed by atoms with E-state index in [2.05, 4.69) is 9.72 Å². The second kappa shape index (κ2) is 6.80. The summed E-state index contributed by atoms with van der Waals surface area (Å²) < 4.78 is 9.83. The van der Waals surface area contributed by atoms with Crippen LogP contribution in [0.3, 0.4) is 0 Å². The van der Waals surface area contributed by atoms with Crippen LogP contribution in [0.15, 0.2) is 36.4 Å². The van der Waals surface area contributed by atoms with E-state index in [0.717, 1.165) is 5.56 Å². The number of carbonyl (C=O) groups excluding carboxylic acids is 1. The number of para-hydroxylation sites is 1. The summed E-state index contributed by atoms with van der Waals surface area (Å²) >= 11 is 0. The van der Waals surface area contributed by atoms with E-state index in [1.807, 2.05) is 24.1 Å². The lowest BCUT2D eigenvalue weighted by atomic mass is 10.2. The Morgan fingerprint density at radius 1 is 1.23 bits per heavy atom. The van der Waals surface area contributed by atoms with Crippen LogP contribution in [0.25, 0.3) is 0 Å². The van der Waals surface area contributed by atoms with Gasteiger partial charge in [0.2, 0.25) is 5.88 Å². The highest BCUT2D eigenvalue weighted by molar-refractivity contribution is 5.92. The van der Waals surface area contributed by atoms with Gasteiger partial charge in [0.25, 0.3) is 0 Å². The summed E-state index contributed by atoms with van der Waals surface area (Å²) in [6.07, 6.45) is 0. The minimum absolute atomic E-state index is 0.202. The molecule has 0 radical (unpaired) electrons. The minimum Gasteiger partial charge on any atom is -0.508 e. The number of ether oxygens (including phenoxy) is 2. The van der Waals surface area contributed by atoms with E-state index in [4.69, 9.17) is 4.74 Å². The van der Waals surface area contributed by atoms with Crippen LogP contribution < -0.4 is 9.64 Å². The van der Waals surface area contributed by atoms with Crippen LogP contribution in [-0.2, 0) is 11.3 Å². The SMILES string of the molecule is COC(=O)c1ccc(N(C)Cc2ccccc2O)nc1OC. The third kappa shape index (κ3) is 3.28. The van der Waals surface area contributed by atoms with Crippen LogP contribution in [0.4, 0.5) is 5.82 Å². The number of hydrogen-bond donors (Lipinski definition) is 1. The van der Waals surface area contributed by atoms with Crippen LogP contribution in [0, 0.1) is 0 Å². The maximum Gasteiger partial charge on any atom is 0.343 e. The molecule has 0 spiro atoms. The van der Waals surface area contributed by atoms with E-state index in [9.17, 15) is 9.90 Å². The second-order valence-electron chi connectivity index (χ2n) is 4.70. The van der Waals surface area contributed by atoms with Gasteiger partial charge in [0.05, 0.1) is 14.2 Å². The summed E-state index contributed by atoms with van der Waals surface area (Å²) in [7, 11) is 4.59. The van der Waals surface area contributed by atoms with Crippen molar-refractivity contribution in [3.8, 4) is 11.6 Å². The molecule has 22 heavy (non-hydrogen) atoms. The molecule has 0 fully saturated rings. The first-order valence-corrected chi connectivity index (χ1v) is 6.68. The molecule has 1 heterocycles. The van der Waals surface area contributed by atoms with Gasteiger partial charge in [-0.1, -0.05) is 18.2 Å². The molecule has 0 saturated carbocycles. The van der Waals surface area contributed by atoms with Crippen LogP contribution in [-0.4, -0.2) is 37.3 Å². The van der Waals surface area contributed by atoms with Gasteiger partial charge in [-0.3, -0.25) is 0 Å². The molecule has 0 bridgehead atoms. The van der Waals surface area contributed by atoms with Gasteiger partial charge in [-0.2, -0.15) is 4.98 Å². The van der Waals surface area contributed by atoms with Crippen molar-refractivity contribution < 1.29 is 19.4 Å². The molecule has 2 rings (SSSR count). The monoisotopic (exact) mass is 302 g/mol. The molecule has 2 aromatic rings. The summed E-state index contributed by atoms with van der Waals surface area (Å²) in [4.78, 5) is 17.8. The maximum atomic E-state index is 11.6. The molecular formula is C16H18N2O4. The number of carbonyl (C=O) groups is 1. The molecule has 0 aliphatic carbocycles. The van der Waals surface area contributed by atoms with Gasteiger partial charge in [-0.15, -0.1) is 0 Å². The van der Waals surface area contributed by atoms with Crippen molar-refractivity contribution in [2.45, 2.75) is 6.54 Å². The van der Waals surface area contributed by atoms with Crippen LogP contribution in [0.5, 0.6) is 11.6 Å². The lowest BCUT2D eigenvalue weighted by molar-refractivity contribution is 0.0596. The standard InChI is InChI=1S/C16H18N2O4/c1-18(10-11-6-4-5-7-13(11)19)14-9-8-12(16(20)22-3)15(17-14)21-2/h4-9,19H,10H2,1-3H3. The lowest BCUT2D eigenvalue weighted by Crippen LogP contribution is -2.18. The number of anilines is 1. The maximum absolute atomic E-state index is 11.6. The first kappa shape index (κ1) is 15.6. The number of phenols is 1. The normalized spacial score (nSPS) is 10.1. The molecule has 1 aromatic heterocycles. The fourth-order valence-electron chi connectivity index (χ4n) is 2.05. The topological polar surface area (TPSA) is 71.9 Å². The number of aromatic hydroxyl groups is 1. The van der Waals surface area contributed by atoms with Crippen molar-refractivity contribution in [1.82, 2.24) is 4.98 Å². The number of nitrogens with zero attached hydrogens (tertiary/aromatic N) is 2. The Kier molecular flexibility index (Phi) is 4.83. The number of benzene rings is 1. The van der Waals surface area contributed by atoms with E-state index >= 15 is 0 Å². The molecule has 0 unspecified atom stereocenters.